The lowest BCUT2D eigenvalue weighted by Crippen LogP contribution is -2.36. The number of aryl methyl sites for hydroxylation is 4. The summed E-state index contributed by atoms with van der Waals surface area (Å²) in [5.74, 6) is 1.72. The second-order valence-electron chi connectivity index (χ2n) is 9.61. The minimum atomic E-state index is -0.360. The predicted octanol–water partition coefficient (Wildman–Crippen LogP) is 5.89. The molecule has 1 saturated heterocycles. The quantitative estimate of drug-likeness (QED) is 0.290. The van der Waals surface area contributed by atoms with Gasteiger partial charge in [0.1, 0.15) is 17.3 Å². The molecule has 1 aliphatic heterocycles. The highest BCUT2D eigenvalue weighted by atomic mass is 79.9. The van der Waals surface area contributed by atoms with Crippen molar-refractivity contribution in [2.24, 2.45) is 5.92 Å². The number of nitrogens with zero attached hydrogens (tertiary/aromatic N) is 5. The molecule has 3 aromatic heterocycles. The molecule has 0 unspecified atom stereocenters. The summed E-state index contributed by atoms with van der Waals surface area (Å²) in [6.07, 6.45) is 5.65. The maximum atomic E-state index is 12.3. The number of piperidine rings is 1. The number of fused-ring (bicyclic) bond motifs is 1. The van der Waals surface area contributed by atoms with Crippen molar-refractivity contribution >= 4 is 38.8 Å². The summed E-state index contributed by atoms with van der Waals surface area (Å²) in [6, 6.07) is 9.55. The van der Waals surface area contributed by atoms with E-state index in [1.807, 2.05) is 6.92 Å². The molecule has 1 aromatic carbocycles. The number of benzene rings is 1. The molecule has 7 nitrogen and oxygen atoms in total. The molecule has 8 heteroatoms. The van der Waals surface area contributed by atoms with Crippen LogP contribution in [0, 0.1) is 33.6 Å². The zero-order valence-electron chi connectivity index (χ0n) is 21.1. The topological polar surface area (TPSA) is 73.1 Å². The Labute approximate surface area is 219 Å². The lowest BCUT2D eigenvalue weighted by molar-refractivity contribution is 0.0414. The summed E-state index contributed by atoms with van der Waals surface area (Å²) in [7, 11) is 0. The third-order valence-electron chi connectivity index (χ3n) is 6.86. The predicted molar refractivity (Wildman–Crippen MR) is 145 cm³/mol. The minimum Gasteiger partial charge on any atom is -0.461 e. The van der Waals surface area contributed by atoms with Crippen LogP contribution in [0.2, 0.25) is 0 Å². The van der Waals surface area contributed by atoms with Crippen molar-refractivity contribution < 1.29 is 9.53 Å². The van der Waals surface area contributed by atoms with Gasteiger partial charge in [-0.2, -0.15) is 0 Å². The largest absolute Gasteiger partial charge is 0.461 e. The Bertz CT molecular complexity index is 1400. The van der Waals surface area contributed by atoms with Gasteiger partial charge in [0, 0.05) is 30.0 Å². The van der Waals surface area contributed by atoms with Gasteiger partial charge in [0.25, 0.3) is 0 Å². The van der Waals surface area contributed by atoms with Gasteiger partial charge in [-0.3, -0.25) is 0 Å². The van der Waals surface area contributed by atoms with Crippen LogP contribution in [0.1, 0.15) is 45.8 Å². The van der Waals surface area contributed by atoms with Crippen LogP contribution in [0.25, 0.3) is 16.7 Å². The smallest absolute Gasteiger partial charge is 0.356 e. The van der Waals surface area contributed by atoms with Crippen LogP contribution in [0.15, 0.2) is 47.2 Å². The summed E-state index contributed by atoms with van der Waals surface area (Å²) in [5.41, 5.74) is 6.00. The highest BCUT2D eigenvalue weighted by molar-refractivity contribution is 9.10. The minimum absolute atomic E-state index is 0.325. The lowest BCUT2D eigenvalue weighted by atomic mass is 9.97. The van der Waals surface area contributed by atoms with Crippen LogP contribution < -0.4 is 4.90 Å². The highest BCUT2D eigenvalue weighted by Crippen LogP contribution is 2.35. The molecule has 5 rings (SSSR count). The molecule has 186 valence electrons. The second-order valence-corrected chi connectivity index (χ2v) is 10.5. The second kappa shape index (κ2) is 10.0. The molecule has 0 bridgehead atoms. The molecule has 4 aromatic rings. The van der Waals surface area contributed by atoms with Crippen molar-refractivity contribution in [2.45, 2.75) is 40.5 Å². The Morgan fingerprint density at radius 1 is 1.06 bits per heavy atom. The molecule has 1 fully saturated rings. The van der Waals surface area contributed by atoms with E-state index in [2.05, 4.69) is 69.5 Å². The van der Waals surface area contributed by atoms with E-state index in [0.29, 0.717) is 18.2 Å². The van der Waals surface area contributed by atoms with Crippen LogP contribution >= 0.6 is 15.9 Å². The number of ether oxygens (including phenoxy) is 1. The molecular weight excluding hydrogens is 518 g/mol. The standard InChI is InChI=1S/C28H30BrN5O2/c1-17-13-22(29)14-18(2)25(17)34-15-19(3)24-26(31-20(4)32-27(24)34)33-11-8-21(9-12-33)16-36-28(35)23-7-5-6-10-30-23/h5-7,10,13-15,21H,8-9,11-12,16H2,1-4H3. The first-order chi connectivity index (χ1) is 17.3. The number of esters is 1. The van der Waals surface area contributed by atoms with E-state index in [0.717, 1.165) is 64.3 Å². The Morgan fingerprint density at radius 3 is 2.44 bits per heavy atom. The number of pyridine rings is 1. The van der Waals surface area contributed by atoms with Crippen molar-refractivity contribution in [1.29, 1.82) is 0 Å². The molecule has 0 spiro atoms. The van der Waals surface area contributed by atoms with E-state index in [4.69, 9.17) is 14.7 Å². The number of carbonyl (C=O) groups is 1. The van der Waals surface area contributed by atoms with E-state index < -0.39 is 0 Å². The van der Waals surface area contributed by atoms with Crippen LogP contribution in [0.3, 0.4) is 0 Å². The fourth-order valence-corrected chi connectivity index (χ4v) is 5.82. The Morgan fingerprint density at radius 2 is 1.78 bits per heavy atom. The molecule has 0 amide bonds. The van der Waals surface area contributed by atoms with Crippen molar-refractivity contribution in [3.63, 3.8) is 0 Å². The molecule has 0 N–H and O–H groups in total. The van der Waals surface area contributed by atoms with Gasteiger partial charge < -0.3 is 14.2 Å². The fraction of sp³-hybridized carbons (Fsp3) is 0.357. The van der Waals surface area contributed by atoms with Gasteiger partial charge in [0.15, 0.2) is 5.65 Å². The van der Waals surface area contributed by atoms with Crippen molar-refractivity contribution in [2.75, 3.05) is 24.6 Å². The van der Waals surface area contributed by atoms with Crippen molar-refractivity contribution in [1.82, 2.24) is 19.5 Å². The summed E-state index contributed by atoms with van der Waals surface area (Å²) < 4.78 is 8.84. The van der Waals surface area contributed by atoms with Crippen molar-refractivity contribution in [3.05, 3.63) is 75.4 Å². The molecule has 1 aliphatic rings. The molecule has 0 atom stereocenters. The fourth-order valence-electron chi connectivity index (χ4n) is 5.13. The average molecular weight is 548 g/mol. The summed E-state index contributed by atoms with van der Waals surface area (Å²) in [4.78, 5) is 28.5. The Balaban J connectivity index is 1.37. The number of carbonyl (C=O) groups excluding carboxylic acids is 1. The van der Waals surface area contributed by atoms with Gasteiger partial charge in [-0.25, -0.2) is 19.7 Å². The van der Waals surface area contributed by atoms with Crippen molar-refractivity contribution in [3.8, 4) is 5.69 Å². The number of rotatable bonds is 5. The van der Waals surface area contributed by atoms with E-state index in [1.54, 1.807) is 24.4 Å². The first kappa shape index (κ1) is 24.4. The summed E-state index contributed by atoms with van der Waals surface area (Å²) in [5, 5.41) is 1.10. The van der Waals surface area contributed by atoms with Gasteiger partial charge in [-0.15, -0.1) is 0 Å². The normalized spacial score (nSPS) is 14.4. The average Bonchev–Trinajstić information content (AvgIpc) is 3.17. The summed E-state index contributed by atoms with van der Waals surface area (Å²) in [6.45, 7) is 10.5. The van der Waals surface area contributed by atoms with Gasteiger partial charge in [0.2, 0.25) is 0 Å². The van der Waals surface area contributed by atoms with Gasteiger partial charge in [-0.05, 0) is 87.4 Å². The Hall–Kier alpha value is -3.26. The first-order valence-electron chi connectivity index (χ1n) is 12.3. The van der Waals surface area contributed by atoms with E-state index in [-0.39, 0.29) is 5.97 Å². The van der Waals surface area contributed by atoms with E-state index in [1.165, 1.54) is 11.1 Å². The third-order valence-corrected chi connectivity index (χ3v) is 7.32. The van der Waals surface area contributed by atoms with E-state index >= 15 is 0 Å². The molecule has 36 heavy (non-hydrogen) atoms. The number of anilines is 1. The van der Waals surface area contributed by atoms with Crippen LogP contribution in [0.4, 0.5) is 5.82 Å². The first-order valence-corrected chi connectivity index (χ1v) is 13.1. The maximum absolute atomic E-state index is 12.3. The number of halogens is 1. The molecule has 0 aliphatic carbocycles. The monoisotopic (exact) mass is 547 g/mol. The molecule has 0 radical (unpaired) electrons. The zero-order valence-corrected chi connectivity index (χ0v) is 22.7. The van der Waals surface area contributed by atoms with E-state index in [9.17, 15) is 4.79 Å². The summed E-state index contributed by atoms with van der Waals surface area (Å²) >= 11 is 3.61. The highest BCUT2D eigenvalue weighted by Gasteiger charge is 2.26. The van der Waals surface area contributed by atoms with Crippen LogP contribution in [0.5, 0.6) is 0 Å². The van der Waals surface area contributed by atoms with Crippen LogP contribution in [-0.2, 0) is 4.74 Å². The molecular formula is C28H30BrN5O2. The van der Waals surface area contributed by atoms with Crippen LogP contribution in [-0.4, -0.2) is 45.2 Å². The maximum Gasteiger partial charge on any atom is 0.356 e. The lowest BCUT2D eigenvalue weighted by Gasteiger charge is -2.33. The zero-order chi connectivity index (χ0) is 25.4. The molecule has 4 heterocycles. The van der Waals surface area contributed by atoms with Gasteiger partial charge >= 0.3 is 5.97 Å². The molecule has 0 saturated carbocycles. The van der Waals surface area contributed by atoms with Gasteiger partial charge in [0.05, 0.1) is 17.7 Å². The number of aromatic nitrogens is 4. The van der Waals surface area contributed by atoms with Gasteiger partial charge in [-0.1, -0.05) is 22.0 Å². The number of hydrogen-bond acceptors (Lipinski definition) is 6. The third kappa shape index (κ3) is 4.74. The SMILES string of the molecule is Cc1nc(N2CCC(COC(=O)c3ccccn3)CC2)c2c(C)cn(-c3c(C)cc(Br)cc3C)c2n1. The Kier molecular flexibility index (Phi) is 6.79. The number of hydrogen-bond donors (Lipinski definition) is 0.